The molecule has 8 rings (SSSR count). The average Bonchev–Trinajstić information content (AvgIpc) is 3.57. The lowest BCUT2D eigenvalue weighted by Gasteiger charge is -2.32. The standard InChI is InChI=1S/C42H42N3OS2/c1-40(2,3)28-24-43-37(26-17-15-23-33-38(26)46-31-21-12-10-18-27(31)42(7,8)48(33)9)35(41(4,5)6)34(28)25-16-14-20-30-36(25)44-39-45(30)29-19-11-13-22-32(29)47-39/h10-24H,1-9H3/q+1. The zero-order chi connectivity index (χ0) is 33.7. The van der Waals surface area contributed by atoms with Gasteiger partial charge in [0.2, 0.25) is 0 Å². The molecule has 0 radical (unpaired) electrons. The highest BCUT2D eigenvalue weighted by atomic mass is 32.2. The number of rotatable bonds is 2. The second kappa shape index (κ2) is 10.7. The summed E-state index contributed by atoms with van der Waals surface area (Å²) in [5.74, 6) is 1.84. The molecule has 4 heterocycles. The zero-order valence-electron chi connectivity index (χ0n) is 29.2. The first-order valence-corrected chi connectivity index (χ1v) is 19.1. The van der Waals surface area contributed by atoms with Gasteiger partial charge in [-0.05, 0) is 83.8 Å². The third kappa shape index (κ3) is 4.63. The van der Waals surface area contributed by atoms with Gasteiger partial charge in [0, 0.05) is 33.8 Å². The number of aromatic nitrogens is 3. The SMILES string of the molecule is C[S+]1c2cccc(-c3ncc(C(C)(C)C)c(-c4cccc5c4nc4sc6ccccc6n45)c3C(C)(C)C)c2Oc2ccccc2C1(C)C. The number of pyridine rings is 1. The molecule has 0 saturated heterocycles. The molecule has 242 valence electrons. The van der Waals surface area contributed by atoms with E-state index in [1.165, 1.54) is 37.4 Å². The summed E-state index contributed by atoms with van der Waals surface area (Å²) in [7, 11) is -0.125. The number of benzene rings is 4. The largest absolute Gasteiger partial charge is 0.451 e. The van der Waals surface area contributed by atoms with Crippen LogP contribution in [-0.4, -0.2) is 20.6 Å². The van der Waals surface area contributed by atoms with Crippen molar-refractivity contribution in [3.63, 3.8) is 0 Å². The highest BCUT2D eigenvalue weighted by Gasteiger charge is 2.46. The van der Waals surface area contributed by atoms with Crippen LogP contribution < -0.4 is 4.74 Å². The molecule has 48 heavy (non-hydrogen) atoms. The maximum Gasteiger partial charge on any atom is 0.198 e. The summed E-state index contributed by atoms with van der Waals surface area (Å²) in [6, 6.07) is 30.4. The molecule has 1 unspecified atom stereocenters. The highest BCUT2D eigenvalue weighted by Crippen LogP contribution is 2.53. The van der Waals surface area contributed by atoms with Gasteiger partial charge >= 0.3 is 0 Å². The second-order valence-corrected chi connectivity index (χ2v) is 19.0. The summed E-state index contributed by atoms with van der Waals surface area (Å²) in [5.41, 5.74) is 11.0. The van der Waals surface area contributed by atoms with Gasteiger partial charge in [0.25, 0.3) is 0 Å². The Labute approximate surface area is 290 Å². The van der Waals surface area contributed by atoms with Gasteiger partial charge in [0.15, 0.2) is 20.4 Å². The van der Waals surface area contributed by atoms with Gasteiger partial charge in [-0.15, -0.1) is 0 Å². The van der Waals surface area contributed by atoms with Gasteiger partial charge in [-0.2, -0.15) is 0 Å². The van der Waals surface area contributed by atoms with Crippen molar-refractivity contribution in [3.05, 3.63) is 108 Å². The van der Waals surface area contributed by atoms with Crippen LogP contribution in [0.2, 0.25) is 0 Å². The third-order valence-electron chi connectivity index (χ3n) is 9.95. The Morgan fingerprint density at radius 1 is 0.771 bits per heavy atom. The van der Waals surface area contributed by atoms with Gasteiger partial charge in [-0.3, -0.25) is 9.38 Å². The van der Waals surface area contributed by atoms with Crippen molar-refractivity contribution < 1.29 is 4.74 Å². The van der Waals surface area contributed by atoms with Crippen molar-refractivity contribution in [1.82, 2.24) is 14.4 Å². The lowest BCUT2D eigenvalue weighted by Crippen LogP contribution is -2.27. The Morgan fingerprint density at radius 2 is 1.46 bits per heavy atom. The Kier molecular flexibility index (Phi) is 6.94. The van der Waals surface area contributed by atoms with Crippen LogP contribution in [0, 0.1) is 0 Å². The molecule has 0 bridgehead atoms. The Hall–Kier alpha value is -4.13. The number of imidazole rings is 1. The van der Waals surface area contributed by atoms with Crippen molar-refractivity contribution in [1.29, 1.82) is 0 Å². The van der Waals surface area contributed by atoms with Gasteiger partial charge < -0.3 is 4.74 Å². The number of ether oxygens (including phenoxy) is 1. The second-order valence-electron chi connectivity index (χ2n) is 15.5. The first-order valence-electron chi connectivity index (χ1n) is 16.7. The molecule has 0 saturated carbocycles. The van der Waals surface area contributed by atoms with Crippen molar-refractivity contribution in [2.24, 2.45) is 0 Å². The number of hydrogen-bond donors (Lipinski definition) is 0. The predicted molar refractivity (Wildman–Crippen MR) is 205 cm³/mol. The molecule has 3 aromatic heterocycles. The van der Waals surface area contributed by atoms with Gasteiger partial charge in [-0.25, -0.2) is 4.98 Å². The molecule has 1 aliphatic rings. The number of nitrogens with zero attached hydrogens (tertiary/aromatic N) is 3. The van der Waals surface area contributed by atoms with E-state index >= 15 is 0 Å². The third-order valence-corrected chi connectivity index (χ3v) is 13.7. The van der Waals surface area contributed by atoms with Crippen LogP contribution in [0.4, 0.5) is 0 Å². The fourth-order valence-corrected chi connectivity index (χ4v) is 10.1. The van der Waals surface area contributed by atoms with Crippen molar-refractivity contribution in [2.45, 2.75) is 75.9 Å². The molecule has 0 spiro atoms. The van der Waals surface area contributed by atoms with Crippen molar-refractivity contribution >= 4 is 48.4 Å². The van der Waals surface area contributed by atoms with E-state index in [2.05, 4.69) is 157 Å². The summed E-state index contributed by atoms with van der Waals surface area (Å²) >= 11 is 1.75. The lowest BCUT2D eigenvalue weighted by atomic mass is 9.73. The normalized spacial score (nSPS) is 16.1. The van der Waals surface area contributed by atoms with E-state index in [1.54, 1.807) is 11.3 Å². The Bertz CT molecular complexity index is 2400. The maximum atomic E-state index is 7.00. The monoisotopic (exact) mass is 668 g/mol. The van der Waals surface area contributed by atoms with Gasteiger partial charge in [0.05, 0.1) is 26.9 Å². The molecule has 0 N–H and O–H groups in total. The van der Waals surface area contributed by atoms with E-state index in [0.29, 0.717) is 0 Å². The fourth-order valence-electron chi connectivity index (χ4n) is 7.35. The molecule has 1 aliphatic heterocycles. The zero-order valence-corrected chi connectivity index (χ0v) is 30.9. The molecule has 1 atom stereocenters. The van der Waals surface area contributed by atoms with Crippen LogP contribution in [0.5, 0.6) is 11.5 Å². The van der Waals surface area contributed by atoms with Gasteiger partial charge in [-0.1, -0.05) is 95.3 Å². The number of fused-ring (bicyclic) bond motifs is 7. The lowest BCUT2D eigenvalue weighted by molar-refractivity contribution is 0.466. The van der Waals surface area contributed by atoms with Crippen LogP contribution in [0.3, 0.4) is 0 Å². The first-order chi connectivity index (χ1) is 22.8. The summed E-state index contributed by atoms with van der Waals surface area (Å²) in [6.07, 6.45) is 4.47. The van der Waals surface area contributed by atoms with Gasteiger partial charge in [0.1, 0.15) is 12.0 Å². The molecule has 6 heteroatoms. The quantitative estimate of drug-likeness (QED) is 0.172. The van der Waals surface area contributed by atoms with E-state index in [1.807, 2.05) is 0 Å². The van der Waals surface area contributed by atoms with Crippen LogP contribution in [0.15, 0.2) is 96.0 Å². The fraction of sp³-hybridized carbons (Fsp3) is 0.286. The van der Waals surface area contributed by atoms with E-state index < -0.39 is 0 Å². The molecule has 4 nitrogen and oxygen atoms in total. The molecular formula is C42H42N3OS2+. The molecular weight excluding hydrogens is 627 g/mol. The number of para-hydroxylation sites is 4. The Balaban J connectivity index is 1.47. The molecule has 0 aliphatic carbocycles. The van der Waals surface area contributed by atoms with E-state index in [-0.39, 0.29) is 26.5 Å². The van der Waals surface area contributed by atoms with E-state index in [4.69, 9.17) is 14.7 Å². The summed E-state index contributed by atoms with van der Waals surface area (Å²) in [4.78, 5) is 13.0. The summed E-state index contributed by atoms with van der Waals surface area (Å²) < 4.78 is 10.5. The summed E-state index contributed by atoms with van der Waals surface area (Å²) in [6.45, 7) is 18.5. The smallest absolute Gasteiger partial charge is 0.198 e. The number of thiazole rings is 1. The van der Waals surface area contributed by atoms with Crippen LogP contribution in [-0.2, 0) is 26.5 Å². The minimum atomic E-state index is -0.247. The molecule has 7 aromatic rings. The van der Waals surface area contributed by atoms with Crippen LogP contribution in [0.1, 0.15) is 72.1 Å². The van der Waals surface area contributed by atoms with Crippen molar-refractivity contribution in [3.8, 4) is 33.9 Å². The van der Waals surface area contributed by atoms with E-state index in [0.717, 1.165) is 44.3 Å². The molecule has 4 aromatic carbocycles. The molecule has 0 amide bonds. The summed E-state index contributed by atoms with van der Waals surface area (Å²) in [5, 5.41) is 0. The number of hydrogen-bond acceptors (Lipinski definition) is 4. The minimum Gasteiger partial charge on any atom is -0.451 e. The average molecular weight is 669 g/mol. The minimum absolute atomic E-state index is 0.0875. The predicted octanol–water partition coefficient (Wildman–Crippen LogP) is 11.7. The van der Waals surface area contributed by atoms with E-state index in [9.17, 15) is 0 Å². The molecule has 0 fully saturated rings. The maximum absolute atomic E-state index is 7.00. The van der Waals surface area contributed by atoms with Crippen LogP contribution in [0.25, 0.3) is 48.6 Å². The Morgan fingerprint density at radius 3 is 2.23 bits per heavy atom. The first kappa shape index (κ1) is 31.2. The highest BCUT2D eigenvalue weighted by molar-refractivity contribution is 7.97. The van der Waals surface area contributed by atoms with Crippen LogP contribution >= 0.6 is 11.3 Å². The van der Waals surface area contributed by atoms with Crippen molar-refractivity contribution in [2.75, 3.05) is 6.26 Å². The topological polar surface area (TPSA) is 39.4 Å².